The van der Waals surface area contributed by atoms with Crippen LogP contribution in [0.1, 0.15) is 6.92 Å². The summed E-state index contributed by atoms with van der Waals surface area (Å²) in [5.41, 5.74) is 4.22. The first-order chi connectivity index (χ1) is 20.1. The maximum absolute atomic E-state index is 12.7. The van der Waals surface area contributed by atoms with Gasteiger partial charge in [-0.1, -0.05) is 12.1 Å². The van der Waals surface area contributed by atoms with Crippen molar-refractivity contribution in [2.45, 2.75) is 13.0 Å². The van der Waals surface area contributed by atoms with Gasteiger partial charge in [0, 0.05) is 61.6 Å². The van der Waals surface area contributed by atoms with Gasteiger partial charge in [0.15, 0.2) is 0 Å². The van der Waals surface area contributed by atoms with E-state index in [2.05, 4.69) is 57.8 Å². The number of pyridine rings is 1. The third-order valence-corrected chi connectivity index (χ3v) is 7.02. The van der Waals surface area contributed by atoms with Gasteiger partial charge >= 0.3 is 64.2 Å². The summed E-state index contributed by atoms with van der Waals surface area (Å²) < 4.78 is 5.47. The number of hydrogen-bond acceptors (Lipinski definition) is 8. The Morgan fingerprint density at radius 2 is 1.81 bits per heavy atom. The van der Waals surface area contributed by atoms with Crippen LogP contribution in [-0.2, 0) is 9.53 Å². The Balaban J connectivity index is 0.00000353. The van der Waals surface area contributed by atoms with Crippen molar-refractivity contribution in [3.05, 3.63) is 67.1 Å². The maximum Gasteiger partial charge on any atom is 1.00 e. The number of hydrogen-bond donors (Lipinski definition) is 4. The van der Waals surface area contributed by atoms with E-state index < -0.39 is 6.03 Å². The van der Waals surface area contributed by atoms with Gasteiger partial charge < -0.3 is 34.9 Å². The van der Waals surface area contributed by atoms with Crippen LogP contribution < -0.4 is 83.9 Å². The van der Waals surface area contributed by atoms with E-state index in [9.17, 15) is 9.59 Å². The van der Waals surface area contributed by atoms with Crippen molar-refractivity contribution in [1.82, 2.24) is 25.3 Å². The molecule has 0 unspecified atom stereocenters. The van der Waals surface area contributed by atoms with E-state index in [1.165, 1.54) is 6.08 Å². The minimum atomic E-state index is -0.394. The number of carbonyl (C=O) groups excluding carboxylic acids is 2. The number of nitrogens with zero attached hydrogens (tertiary/aromatic N) is 5. The summed E-state index contributed by atoms with van der Waals surface area (Å²) in [7, 11) is 0. The summed E-state index contributed by atoms with van der Waals surface area (Å²) in [6.07, 6.45) is 7.34. The van der Waals surface area contributed by atoms with Gasteiger partial charge in [0.25, 0.3) is 0 Å². The zero-order chi connectivity index (χ0) is 28.2. The van der Waals surface area contributed by atoms with E-state index in [4.69, 9.17) is 4.74 Å². The Hall–Kier alpha value is -3.16. The fourth-order valence-electron chi connectivity index (χ4n) is 4.96. The minimum absolute atomic E-state index is 0. The number of aromatic amines is 1. The molecule has 2 fully saturated rings. The number of benzene rings is 1. The molecule has 42 heavy (non-hydrogen) atoms. The number of nitrogens with one attached hydrogen (secondary N) is 4. The topological polar surface area (TPSA) is 140 Å². The number of fused-ring (bicyclic) bond motifs is 1. The van der Waals surface area contributed by atoms with Gasteiger partial charge in [-0.15, -0.1) is 6.92 Å². The zero-order valence-corrected chi connectivity index (χ0v) is 28.5. The van der Waals surface area contributed by atoms with Crippen LogP contribution in [0.25, 0.3) is 22.3 Å². The third kappa shape index (κ3) is 7.06. The summed E-state index contributed by atoms with van der Waals surface area (Å²) in [6, 6.07) is 13.0. The maximum atomic E-state index is 12.7. The van der Waals surface area contributed by atoms with Gasteiger partial charge in [0.1, 0.15) is 23.6 Å². The van der Waals surface area contributed by atoms with Gasteiger partial charge in [0.2, 0.25) is 0 Å². The molecule has 3 amide bonds. The molecule has 3 aromatic heterocycles. The molecule has 0 saturated carbocycles. The molecule has 210 valence electrons. The monoisotopic (exact) mass is 637 g/mol. The molecule has 0 aliphatic carbocycles. The smallest absolute Gasteiger partial charge is 0.425 e. The second kappa shape index (κ2) is 13.9. The first-order valence-electron chi connectivity index (χ1n) is 13.4. The Bertz CT molecular complexity index is 1580. The average Bonchev–Trinajstić information content (AvgIpc) is 3.40. The van der Waals surface area contributed by atoms with Crippen LogP contribution in [0, 0.1) is 6.08 Å². The number of allylic oxidation sites excluding steroid dienone is 1. The van der Waals surface area contributed by atoms with E-state index in [-0.39, 0.29) is 70.1 Å². The Labute approximate surface area is 292 Å². The van der Waals surface area contributed by atoms with Crippen molar-refractivity contribution >= 4 is 46.0 Å². The number of carbonyl (C=O) groups is 2. The Morgan fingerprint density at radius 3 is 2.57 bits per heavy atom. The molecule has 1 aromatic carbocycles. The van der Waals surface area contributed by atoms with Crippen LogP contribution in [0.5, 0.6) is 0 Å². The van der Waals surface area contributed by atoms with E-state index >= 15 is 0 Å². The van der Waals surface area contributed by atoms with Crippen molar-refractivity contribution < 1.29 is 72.5 Å². The van der Waals surface area contributed by atoms with Crippen LogP contribution in [0.4, 0.5) is 27.8 Å². The fraction of sp³-hybridized carbons (Fsp3) is 0.276. The summed E-state index contributed by atoms with van der Waals surface area (Å²) in [5, 5.41) is 9.53. The van der Waals surface area contributed by atoms with E-state index in [0.717, 1.165) is 46.9 Å². The summed E-state index contributed by atoms with van der Waals surface area (Å²) in [5.74, 6) is 1.19. The van der Waals surface area contributed by atoms with Gasteiger partial charge in [-0.25, -0.2) is 19.7 Å². The van der Waals surface area contributed by atoms with Crippen molar-refractivity contribution in [3.63, 3.8) is 0 Å². The van der Waals surface area contributed by atoms with Crippen molar-refractivity contribution in [2.24, 2.45) is 0 Å². The standard InChI is InChI=1S/C29H30N9O3.Rb/c1-2-3-26(39)33-21-16-38(17-21)22-8-9-30-25(14-22)36-29(40)34-20-6-4-19(5-7-20)24-15-23-27(35-24)31-18-32-28(23)37-10-12-41-13-11-37;/h3-9,14-15,18,21H,10-13,16-17H2,1H3,(H,33,39)(H,31,32,35)(H2,30,34,36,40);/q-1;+1. The molecule has 6 rings (SSSR count). The molecule has 4 aromatic rings. The van der Waals surface area contributed by atoms with Crippen LogP contribution in [0.15, 0.2) is 61.1 Å². The van der Waals surface area contributed by atoms with E-state index in [1.54, 1.807) is 19.4 Å². The summed E-state index contributed by atoms with van der Waals surface area (Å²) in [6.45, 7) is 6.01. The normalized spacial score (nSPS) is 15.3. The molecule has 0 radical (unpaired) electrons. The predicted molar refractivity (Wildman–Crippen MR) is 157 cm³/mol. The minimum Gasteiger partial charge on any atom is -0.425 e. The van der Waals surface area contributed by atoms with Gasteiger partial charge in [-0.3, -0.25) is 11.4 Å². The summed E-state index contributed by atoms with van der Waals surface area (Å²) in [4.78, 5) is 45.2. The molecule has 2 aliphatic heterocycles. The van der Waals surface area contributed by atoms with Crippen molar-refractivity contribution in [3.8, 4) is 11.3 Å². The van der Waals surface area contributed by atoms with E-state index in [0.29, 0.717) is 37.8 Å². The average molecular weight is 638 g/mol. The van der Waals surface area contributed by atoms with Crippen LogP contribution >= 0.6 is 0 Å². The number of morpholine rings is 1. The Morgan fingerprint density at radius 1 is 1.02 bits per heavy atom. The quantitative estimate of drug-likeness (QED) is 0.166. The van der Waals surface area contributed by atoms with Crippen LogP contribution in [0.2, 0.25) is 0 Å². The Kier molecular flexibility index (Phi) is 10.0. The molecule has 0 spiro atoms. The first kappa shape index (κ1) is 30.3. The van der Waals surface area contributed by atoms with Crippen LogP contribution in [0.3, 0.4) is 0 Å². The van der Waals surface area contributed by atoms with Gasteiger partial charge in [-0.05, 0) is 29.8 Å². The molecule has 0 atom stereocenters. The number of urea groups is 1. The second-order valence-corrected chi connectivity index (χ2v) is 9.84. The van der Waals surface area contributed by atoms with Gasteiger partial charge in [-0.2, -0.15) is 6.08 Å². The number of ether oxygens (including phenoxy) is 1. The molecule has 4 N–H and O–H groups in total. The number of amides is 3. The fourth-order valence-corrected chi connectivity index (χ4v) is 4.96. The SMILES string of the molecule is C[C-]=CC(=O)NC1CN(c2ccnc(NC(=O)Nc3ccc(-c4cc5c(N6CCOCC6)ncnc5[nH]4)cc3)c2)C1.[Rb+]. The molecule has 12 nitrogen and oxygen atoms in total. The molecule has 13 heteroatoms. The largest absolute Gasteiger partial charge is 1.00 e. The second-order valence-electron chi connectivity index (χ2n) is 9.84. The molecule has 2 saturated heterocycles. The third-order valence-electron chi connectivity index (χ3n) is 7.02. The van der Waals surface area contributed by atoms with Crippen molar-refractivity contribution in [2.75, 3.05) is 59.8 Å². The number of H-pyrrole nitrogens is 1. The zero-order valence-electron chi connectivity index (χ0n) is 23.6. The number of aromatic nitrogens is 4. The predicted octanol–water partition coefficient (Wildman–Crippen LogP) is 0.189. The molecular formula is C29H30N9O3Rb. The molecule has 0 bridgehead atoms. The molecule has 5 heterocycles. The number of rotatable bonds is 7. The van der Waals surface area contributed by atoms with Gasteiger partial charge in [0.05, 0.1) is 24.5 Å². The van der Waals surface area contributed by atoms with E-state index in [1.807, 2.05) is 36.4 Å². The van der Waals surface area contributed by atoms with Crippen molar-refractivity contribution in [1.29, 1.82) is 0 Å². The molecular weight excluding hydrogens is 608 g/mol. The summed E-state index contributed by atoms with van der Waals surface area (Å²) >= 11 is 0. The number of anilines is 4. The molecule has 2 aliphatic rings. The van der Waals surface area contributed by atoms with Crippen LogP contribution in [-0.4, -0.2) is 77.3 Å². The first-order valence-corrected chi connectivity index (χ1v) is 13.4.